The van der Waals surface area contributed by atoms with E-state index in [1.807, 2.05) is 0 Å². The van der Waals surface area contributed by atoms with Crippen LogP contribution in [-0.2, 0) is 4.74 Å². The molecule has 0 bridgehead atoms. The van der Waals surface area contributed by atoms with Gasteiger partial charge >= 0.3 is 0 Å². The molecule has 0 N–H and O–H groups in total. The molecule has 0 aromatic rings. The summed E-state index contributed by atoms with van der Waals surface area (Å²) in [5, 5.41) is 8.41. The van der Waals surface area contributed by atoms with Gasteiger partial charge in [0.15, 0.2) is 0 Å². The number of rotatable bonds is 0. The predicted octanol–water partition coefficient (Wildman–Crippen LogP) is 0.402. The van der Waals surface area contributed by atoms with E-state index >= 15 is 0 Å². The van der Waals surface area contributed by atoms with Gasteiger partial charge < -0.3 is 4.74 Å². The lowest BCUT2D eigenvalue weighted by Gasteiger charge is -1.92. The van der Waals surface area contributed by atoms with Crippen LogP contribution in [0.5, 0.6) is 0 Å². The highest BCUT2D eigenvalue weighted by molar-refractivity contribution is 5.10. The fraction of sp³-hybridized carbons (Fsp3) is 0.833. The standard InChI is InChI=1S/C6H7NO/c7-1-4-5-2-8-3-6(4)5/h4-6H,2-3H2/t4?,5-,6+. The summed E-state index contributed by atoms with van der Waals surface area (Å²) in [5.41, 5.74) is 0. The number of hydrogen-bond acceptors (Lipinski definition) is 2. The van der Waals surface area contributed by atoms with Crippen molar-refractivity contribution in [2.24, 2.45) is 17.8 Å². The SMILES string of the molecule is N#CC1[C@H]2COC[C@@H]12. The molecular formula is C6H7NO. The van der Waals surface area contributed by atoms with Crippen molar-refractivity contribution >= 4 is 0 Å². The molecule has 0 aromatic carbocycles. The topological polar surface area (TPSA) is 33.0 Å². The second kappa shape index (κ2) is 1.24. The molecular weight excluding hydrogens is 102 g/mol. The lowest BCUT2D eigenvalue weighted by molar-refractivity contribution is 0.158. The molecule has 1 heterocycles. The Morgan fingerprint density at radius 1 is 1.38 bits per heavy atom. The van der Waals surface area contributed by atoms with Crippen molar-refractivity contribution < 1.29 is 4.74 Å². The number of nitriles is 1. The number of ether oxygens (including phenoxy) is 1. The van der Waals surface area contributed by atoms with E-state index in [-0.39, 0.29) is 0 Å². The van der Waals surface area contributed by atoms with Crippen molar-refractivity contribution in [3.8, 4) is 6.07 Å². The maximum absolute atomic E-state index is 8.41. The summed E-state index contributed by atoms with van der Waals surface area (Å²) in [6.07, 6.45) is 0. The lowest BCUT2D eigenvalue weighted by Crippen LogP contribution is -1.94. The fourth-order valence-electron chi connectivity index (χ4n) is 1.43. The Balaban J connectivity index is 2.06. The van der Waals surface area contributed by atoms with Gasteiger partial charge in [0.1, 0.15) is 0 Å². The second-order valence-corrected chi connectivity index (χ2v) is 2.52. The highest BCUT2D eigenvalue weighted by Gasteiger charge is 2.54. The van der Waals surface area contributed by atoms with Gasteiger partial charge in [0.05, 0.1) is 25.2 Å². The van der Waals surface area contributed by atoms with Gasteiger partial charge in [-0.15, -0.1) is 0 Å². The Bertz CT molecular complexity index is 139. The summed E-state index contributed by atoms with van der Waals surface area (Å²) in [5.74, 6) is 1.57. The molecule has 0 amide bonds. The van der Waals surface area contributed by atoms with E-state index in [0.717, 1.165) is 13.2 Å². The number of fused-ring (bicyclic) bond motifs is 1. The third-order valence-corrected chi connectivity index (χ3v) is 2.10. The summed E-state index contributed by atoms with van der Waals surface area (Å²) in [6, 6.07) is 2.26. The van der Waals surface area contributed by atoms with Crippen LogP contribution in [0, 0.1) is 29.1 Å². The van der Waals surface area contributed by atoms with Crippen LogP contribution in [0.1, 0.15) is 0 Å². The van der Waals surface area contributed by atoms with Crippen molar-refractivity contribution in [3.05, 3.63) is 0 Å². The van der Waals surface area contributed by atoms with Crippen molar-refractivity contribution in [1.82, 2.24) is 0 Å². The summed E-state index contributed by atoms with van der Waals surface area (Å²) >= 11 is 0. The van der Waals surface area contributed by atoms with Crippen LogP contribution in [0.2, 0.25) is 0 Å². The quantitative estimate of drug-likeness (QED) is 0.451. The van der Waals surface area contributed by atoms with Gasteiger partial charge in [-0.1, -0.05) is 0 Å². The van der Waals surface area contributed by atoms with Gasteiger partial charge in [-0.2, -0.15) is 5.26 Å². The molecule has 0 radical (unpaired) electrons. The van der Waals surface area contributed by atoms with Crippen LogP contribution in [0.4, 0.5) is 0 Å². The molecule has 1 saturated heterocycles. The molecule has 0 aromatic heterocycles. The molecule has 2 heteroatoms. The first-order chi connectivity index (χ1) is 3.93. The molecule has 1 saturated carbocycles. The molecule has 0 spiro atoms. The normalized spacial score (nSPS) is 50.1. The Labute approximate surface area is 48.1 Å². The minimum Gasteiger partial charge on any atom is -0.381 e. The first-order valence-corrected chi connectivity index (χ1v) is 2.91. The first kappa shape index (κ1) is 4.34. The van der Waals surface area contributed by atoms with Crippen molar-refractivity contribution in [1.29, 1.82) is 5.26 Å². The molecule has 1 aliphatic carbocycles. The van der Waals surface area contributed by atoms with Crippen LogP contribution < -0.4 is 0 Å². The Morgan fingerprint density at radius 2 is 2.00 bits per heavy atom. The molecule has 1 unspecified atom stereocenters. The third kappa shape index (κ3) is 0.354. The van der Waals surface area contributed by atoms with Gasteiger partial charge in [0, 0.05) is 11.8 Å². The van der Waals surface area contributed by atoms with E-state index in [9.17, 15) is 0 Å². The zero-order valence-corrected chi connectivity index (χ0v) is 4.50. The highest BCUT2D eigenvalue weighted by Crippen LogP contribution is 2.49. The Kier molecular flexibility index (Phi) is 0.671. The van der Waals surface area contributed by atoms with E-state index in [1.54, 1.807) is 0 Å². The van der Waals surface area contributed by atoms with E-state index in [0.29, 0.717) is 17.8 Å². The van der Waals surface area contributed by atoms with E-state index in [1.165, 1.54) is 0 Å². The van der Waals surface area contributed by atoms with E-state index < -0.39 is 0 Å². The smallest absolute Gasteiger partial charge is 0.0663 e. The Morgan fingerprint density at radius 3 is 2.38 bits per heavy atom. The van der Waals surface area contributed by atoms with Crippen LogP contribution in [0.3, 0.4) is 0 Å². The zero-order chi connectivity index (χ0) is 5.56. The van der Waals surface area contributed by atoms with Crippen LogP contribution in [-0.4, -0.2) is 13.2 Å². The maximum atomic E-state index is 8.41. The van der Waals surface area contributed by atoms with Gasteiger partial charge in [-0.05, 0) is 0 Å². The van der Waals surface area contributed by atoms with Crippen molar-refractivity contribution in [2.45, 2.75) is 0 Å². The summed E-state index contributed by atoms with van der Waals surface area (Å²) in [7, 11) is 0. The van der Waals surface area contributed by atoms with Crippen LogP contribution in [0.25, 0.3) is 0 Å². The summed E-state index contributed by atoms with van der Waals surface area (Å²) in [4.78, 5) is 0. The van der Waals surface area contributed by atoms with Gasteiger partial charge in [0.25, 0.3) is 0 Å². The molecule has 2 aliphatic rings. The molecule has 8 heavy (non-hydrogen) atoms. The monoisotopic (exact) mass is 109 g/mol. The predicted molar refractivity (Wildman–Crippen MR) is 26.9 cm³/mol. The highest BCUT2D eigenvalue weighted by atomic mass is 16.5. The van der Waals surface area contributed by atoms with Crippen LogP contribution >= 0.6 is 0 Å². The largest absolute Gasteiger partial charge is 0.381 e. The first-order valence-electron chi connectivity index (χ1n) is 2.91. The van der Waals surface area contributed by atoms with E-state index in [4.69, 9.17) is 10.00 Å². The van der Waals surface area contributed by atoms with Gasteiger partial charge in [-0.25, -0.2) is 0 Å². The average Bonchev–Trinajstić information content (AvgIpc) is 2.22. The minimum absolute atomic E-state index is 0.351. The van der Waals surface area contributed by atoms with Gasteiger partial charge in [-0.3, -0.25) is 0 Å². The van der Waals surface area contributed by atoms with Crippen molar-refractivity contribution in [3.63, 3.8) is 0 Å². The second-order valence-electron chi connectivity index (χ2n) is 2.52. The maximum Gasteiger partial charge on any atom is 0.0663 e. The zero-order valence-electron chi connectivity index (χ0n) is 4.50. The minimum atomic E-state index is 0.351. The molecule has 42 valence electrons. The third-order valence-electron chi connectivity index (χ3n) is 2.10. The molecule has 1 aliphatic heterocycles. The molecule has 2 rings (SSSR count). The molecule has 3 atom stereocenters. The van der Waals surface area contributed by atoms with Crippen LogP contribution in [0.15, 0.2) is 0 Å². The molecule has 2 nitrogen and oxygen atoms in total. The number of nitrogens with zero attached hydrogens (tertiary/aromatic N) is 1. The van der Waals surface area contributed by atoms with E-state index in [2.05, 4.69) is 6.07 Å². The Hall–Kier alpha value is -0.550. The fourth-order valence-corrected chi connectivity index (χ4v) is 1.43. The lowest BCUT2D eigenvalue weighted by atomic mass is 10.3. The number of hydrogen-bond donors (Lipinski definition) is 0. The van der Waals surface area contributed by atoms with Crippen molar-refractivity contribution in [2.75, 3.05) is 13.2 Å². The summed E-state index contributed by atoms with van der Waals surface area (Å²) < 4.78 is 5.09. The average molecular weight is 109 g/mol. The molecule has 2 fully saturated rings. The van der Waals surface area contributed by atoms with Gasteiger partial charge in [0.2, 0.25) is 0 Å². The summed E-state index contributed by atoms with van der Waals surface area (Å²) in [6.45, 7) is 1.67.